The number of nitrogens with zero attached hydrogens (tertiary/aromatic N) is 1. The second kappa shape index (κ2) is 4.83. The van der Waals surface area contributed by atoms with Gasteiger partial charge in [-0.1, -0.05) is 13.8 Å². The summed E-state index contributed by atoms with van der Waals surface area (Å²) in [4.78, 5) is 0. The summed E-state index contributed by atoms with van der Waals surface area (Å²) >= 11 is 0. The summed E-state index contributed by atoms with van der Waals surface area (Å²) in [5.74, 6) is 1.38. The van der Waals surface area contributed by atoms with Gasteiger partial charge in [0.2, 0.25) is 0 Å². The topological polar surface area (TPSA) is 53.2 Å². The molecule has 2 atom stereocenters. The zero-order valence-electron chi connectivity index (χ0n) is 11.8. The minimum Gasteiger partial charge on any atom is -0.385 e. The first-order valence-corrected chi connectivity index (χ1v) is 7.20. The van der Waals surface area contributed by atoms with Gasteiger partial charge in [0.15, 0.2) is 0 Å². The van der Waals surface area contributed by atoms with Crippen molar-refractivity contribution in [3.63, 3.8) is 0 Å². The molecule has 1 aliphatic carbocycles. The van der Waals surface area contributed by atoms with Crippen molar-refractivity contribution in [2.75, 3.05) is 6.61 Å². The van der Waals surface area contributed by atoms with Crippen LogP contribution in [0.4, 0.5) is 0 Å². The molecule has 18 heavy (non-hydrogen) atoms. The van der Waals surface area contributed by atoms with Gasteiger partial charge in [-0.2, -0.15) is 5.26 Å². The van der Waals surface area contributed by atoms with Crippen LogP contribution in [0.2, 0.25) is 0 Å². The van der Waals surface area contributed by atoms with E-state index in [4.69, 9.17) is 4.74 Å². The first kappa shape index (κ1) is 13.8. The van der Waals surface area contributed by atoms with Gasteiger partial charge in [0.25, 0.3) is 0 Å². The number of hydrogen-bond acceptors (Lipinski definition) is 3. The van der Waals surface area contributed by atoms with Gasteiger partial charge in [-0.3, -0.25) is 0 Å². The smallest absolute Gasteiger partial charge is 0.111 e. The standard InChI is InChI=1S/C15H25NO2/c1-11(2)13-4-6-14(10-16,7-5-13)15(17)8-9-18-12(15)3/h11-13,17H,4-9H2,1-3H3. The molecule has 0 spiro atoms. The molecule has 2 rings (SSSR count). The van der Waals surface area contributed by atoms with Crippen LogP contribution in [0, 0.1) is 28.6 Å². The van der Waals surface area contributed by atoms with Gasteiger partial charge in [0, 0.05) is 13.0 Å². The van der Waals surface area contributed by atoms with Crippen LogP contribution >= 0.6 is 0 Å². The maximum absolute atomic E-state index is 10.9. The summed E-state index contributed by atoms with van der Waals surface area (Å²) in [6.45, 7) is 6.98. The number of ether oxygens (including phenoxy) is 1. The Hall–Kier alpha value is -0.590. The fraction of sp³-hybridized carbons (Fsp3) is 0.933. The van der Waals surface area contributed by atoms with E-state index in [0.29, 0.717) is 24.9 Å². The highest BCUT2D eigenvalue weighted by Crippen LogP contribution is 2.52. The van der Waals surface area contributed by atoms with Gasteiger partial charge < -0.3 is 9.84 Å². The second-order valence-electron chi connectivity index (χ2n) is 6.46. The van der Waals surface area contributed by atoms with E-state index >= 15 is 0 Å². The Labute approximate surface area is 110 Å². The lowest BCUT2D eigenvalue weighted by Gasteiger charge is -2.46. The maximum Gasteiger partial charge on any atom is 0.111 e. The lowest BCUT2D eigenvalue weighted by molar-refractivity contribution is -0.115. The molecule has 2 fully saturated rings. The third-order valence-corrected chi connectivity index (χ3v) is 5.39. The van der Waals surface area contributed by atoms with Crippen LogP contribution in [-0.4, -0.2) is 23.4 Å². The minimum atomic E-state index is -0.941. The highest BCUT2D eigenvalue weighted by Gasteiger charge is 2.57. The van der Waals surface area contributed by atoms with Crippen molar-refractivity contribution in [3.8, 4) is 6.07 Å². The average molecular weight is 251 g/mol. The molecule has 0 bridgehead atoms. The quantitative estimate of drug-likeness (QED) is 0.821. The van der Waals surface area contributed by atoms with E-state index in [-0.39, 0.29) is 6.10 Å². The number of hydrogen-bond donors (Lipinski definition) is 1. The van der Waals surface area contributed by atoms with Crippen LogP contribution in [0.3, 0.4) is 0 Å². The summed E-state index contributed by atoms with van der Waals surface area (Å²) in [6, 6.07) is 2.46. The molecule has 1 N–H and O–H groups in total. The summed E-state index contributed by atoms with van der Waals surface area (Å²) in [6.07, 6.45) is 4.13. The Kier molecular flexibility index (Phi) is 3.71. The first-order chi connectivity index (χ1) is 8.45. The van der Waals surface area contributed by atoms with Crippen LogP contribution < -0.4 is 0 Å². The lowest BCUT2D eigenvalue weighted by Crippen LogP contribution is -2.54. The van der Waals surface area contributed by atoms with Crippen LogP contribution in [0.5, 0.6) is 0 Å². The van der Waals surface area contributed by atoms with E-state index in [0.717, 1.165) is 25.7 Å². The Morgan fingerprint density at radius 2 is 1.89 bits per heavy atom. The molecule has 3 nitrogen and oxygen atoms in total. The van der Waals surface area contributed by atoms with Crippen LogP contribution in [0.15, 0.2) is 0 Å². The van der Waals surface area contributed by atoms with E-state index in [1.54, 1.807) is 0 Å². The van der Waals surface area contributed by atoms with Crippen LogP contribution in [0.1, 0.15) is 52.9 Å². The van der Waals surface area contributed by atoms with Crippen LogP contribution in [0.25, 0.3) is 0 Å². The Morgan fingerprint density at radius 1 is 1.28 bits per heavy atom. The molecule has 0 aromatic rings. The Morgan fingerprint density at radius 3 is 2.28 bits per heavy atom. The highest BCUT2D eigenvalue weighted by molar-refractivity contribution is 5.16. The maximum atomic E-state index is 10.9. The molecule has 0 amide bonds. The molecule has 0 aromatic heterocycles. The molecule has 2 unspecified atom stereocenters. The number of rotatable bonds is 2. The van der Waals surface area contributed by atoms with Crippen molar-refractivity contribution in [3.05, 3.63) is 0 Å². The molecule has 1 aliphatic heterocycles. The minimum absolute atomic E-state index is 0.215. The Bertz CT molecular complexity index is 339. The van der Waals surface area contributed by atoms with Crippen molar-refractivity contribution in [2.24, 2.45) is 17.3 Å². The average Bonchev–Trinajstić information content (AvgIpc) is 2.71. The van der Waals surface area contributed by atoms with Crippen molar-refractivity contribution < 1.29 is 9.84 Å². The molecular weight excluding hydrogens is 226 g/mol. The summed E-state index contributed by atoms with van der Waals surface area (Å²) in [5, 5.41) is 20.6. The molecule has 1 heterocycles. The fourth-order valence-corrected chi connectivity index (χ4v) is 3.80. The zero-order chi connectivity index (χ0) is 13.4. The fourth-order valence-electron chi connectivity index (χ4n) is 3.80. The van der Waals surface area contributed by atoms with Gasteiger partial charge >= 0.3 is 0 Å². The highest BCUT2D eigenvalue weighted by atomic mass is 16.5. The number of aliphatic hydroxyl groups is 1. The van der Waals surface area contributed by atoms with Gasteiger partial charge in [0.1, 0.15) is 5.60 Å². The van der Waals surface area contributed by atoms with Gasteiger partial charge in [0.05, 0.1) is 17.6 Å². The third kappa shape index (κ3) is 1.96. The second-order valence-corrected chi connectivity index (χ2v) is 6.46. The predicted molar refractivity (Wildman–Crippen MR) is 69.8 cm³/mol. The molecule has 102 valence electrons. The van der Waals surface area contributed by atoms with E-state index in [2.05, 4.69) is 19.9 Å². The summed E-state index contributed by atoms with van der Waals surface area (Å²) in [5.41, 5.74) is -1.53. The van der Waals surface area contributed by atoms with Crippen molar-refractivity contribution in [1.82, 2.24) is 0 Å². The molecule has 0 aromatic carbocycles. The predicted octanol–water partition coefficient (Wildman–Crippen LogP) is 2.88. The van der Waals surface area contributed by atoms with Gasteiger partial charge in [-0.15, -0.1) is 0 Å². The molecular formula is C15H25NO2. The van der Waals surface area contributed by atoms with Crippen molar-refractivity contribution in [2.45, 2.75) is 64.6 Å². The van der Waals surface area contributed by atoms with Gasteiger partial charge in [-0.05, 0) is 44.4 Å². The lowest BCUT2D eigenvalue weighted by atomic mass is 9.59. The van der Waals surface area contributed by atoms with E-state index in [1.807, 2.05) is 6.92 Å². The Balaban J connectivity index is 2.17. The number of nitriles is 1. The van der Waals surface area contributed by atoms with Crippen LogP contribution in [-0.2, 0) is 4.74 Å². The molecule has 3 heteroatoms. The summed E-state index contributed by atoms with van der Waals surface area (Å²) < 4.78 is 5.52. The van der Waals surface area contributed by atoms with E-state index in [1.165, 1.54) is 0 Å². The monoisotopic (exact) mass is 251 g/mol. The molecule has 1 saturated heterocycles. The van der Waals surface area contributed by atoms with Crippen molar-refractivity contribution in [1.29, 1.82) is 5.26 Å². The van der Waals surface area contributed by atoms with Crippen molar-refractivity contribution >= 4 is 0 Å². The van der Waals surface area contributed by atoms with E-state index in [9.17, 15) is 10.4 Å². The normalized spacial score (nSPS) is 45.1. The van der Waals surface area contributed by atoms with E-state index < -0.39 is 11.0 Å². The molecule has 2 aliphatic rings. The third-order valence-electron chi connectivity index (χ3n) is 5.39. The van der Waals surface area contributed by atoms with Gasteiger partial charge in [-0.25, -0.2) is 0 Å². The molecule has 0 radical (unpaired) electrons. The summed E-state index contributed by atoms with van der Waals surface area (Å²) in [7, 11) is 0. The first-order valence-electron chi connectivity index (χ1n) is 7.20. The largest absolute Gasteiger partial charge is 0.385 e. The SMILES string of the molecule is CC(C)C1CCC(C#N)(C2(O)CCOC2C)CC1. The molecule has 1 saturated carbocycles. The zero-order valence-corrected chi connectivity index (χ0v) is 11.8.